The fraction of sp³-hybridized carbons (Fsp3) is 0.452. The van der Waals surface area contributed by atoms with Gasteiger partial charge in [-0.3, -0.25) is 14.8 Å². The maximum absolute atomic E-state index is 14.8. The molecule has 2 atom stereocenters. The molecular weight excluding hydrogens is 718 g/mol. The predicted molar refractivity (Wildman–Crippen MR) is 210 cm³/mol. The number of halogens is 1. The zero-order valence-corrected chi connectivity index (χ0v) is 32.3. The van der Waals surface area contributed by atoms with Crippen molar-refractivity contribution in [1.82, 2.24) is 19.7 Å². The number of pyridine rings is 1. The number of carbonyl (C=O) groups excluding carboxylic acids is 1. The minimum atomic E-state index is -1.14. The fourth-order valence-corrected chi connectivity index (χ4v) is 12.6. The normalized spacial score (nSPS) is 26.7. The van der Waals surface area contributed by atoms with E-state index >= 15 is 0 Å². The summed E-state index contributed by atoms with van der Waals surface area (Å²) in [6.07, 6.45) is 8.79. The molecule has 3 aromatic heterocycles. The van der Waals surface area contributed by atoms with Crippen molar-refractivity contribution in [2.75, 3.05) is 29.9 Å². The molecule has 13 heteroatoms. The summed E-state index contributed by atoms with van der Waals surface area (Å²) < 4.78 is 24.4. The summed E-state index contributed by atoms with van der Waals surface area (Å²) >= 11 is 1.35. The van der Waals surface area contributed by atoms with Crippen LogP contribution in [0.3, 0.4) is 0 Å². The number of carbonyl (C=O) groups is 2. The van der Waals surface area contributed by atoms with Gasteiger partial charge in [0.2, 0.25) is 0 Å². The molecule has 5 aromatic rings. The Bertz CT molecular complexity index is 2320. The first kappa shape index (κ1) is 35.9. The Kier molecular flexibility index (Phi) is 8.45. The maximum Gasteiger partial charge on any atom is 0.355 e. The van der Waals surface area contributed by atoms with Gasteiger partial charge in [-0.2, -0.15) is 5.10 Å². The summed E-state index contributed by atoms with van der Waals surface area (Å²) in [6.45, 7) is 9.42. The number of hydrogen-bond acceptors (Lipinski definition) is 9. The summed E-state index contributed by atoms with van der Waals surface area (Å²) in [5, 5.41) is 18.6. The van der Waals surface area contributed by atoms with E-state index in [1.54, 1.807) is 6.20 Å². The van der Waals surface area contributed by atoms with Gasteiger partial charge in [-0.25, -0.2) is 19.2 Å². The summed E-state index contributed by atoms with van der Waals surface area (Å²) in [7, 11) is 0. The van der Waals surface area contributed by atoms with Gasteiger partial charge in [0.05, 0.1) is 28.6 Å². The largest absolute Gasteiger partial charge is 0.476 e. The third-order valence-corrected chi connectivity index (χ3v) is 13.5. The molecule has 0 saturated heterocycles. The van der Waals surface area contributed by atoms with Crippen LogP contribution < -0.4 is 16.0 Å². The average Bonchev–Trinajstić information content (AvgIpc) is 3.70. The van der Waals surface area contributed by atoms with E-state index in [0.717, 1.165) is 65.7 Å². The molecule has 286 valence electrons. The Balaban J connectivity index is 0.979. The van der Waals surface area contributed by atoms with Gasteiger partial charge in [0, 0.05) is 48.6 Å². The molecule has 5 aliphatic rings. The van der Waals surface area contributed by atoms with Crippen molar-refractivity contribution in [3.63, 3.8) is 0 Å². The number of benzene rings is 2. The van der Waals surface area contributed by atoms with E-state index < -0.39 is 17.7 Å². The zero-order valence-electron chi connectivity index (χ0n) is 31.5. The van der Waals surface area contributed by atoms with Gasteiger partial charge in [-0.05, 0) is 116 Å². The van der Waals surface area contributed by atoms with Crippen molar-refractivity contribution in [3.05, 3.63) is 88.6 Å². The molecule has 2 aromatic carbocycles. The number of rotatable bonds is 10. The second-order valence-corrected chi connectivity index (χ2v) is 18.4. The van der Waals surface area contributed by atoms with Crippen LogP contribution in [0, 0.1) is 29.0 Å². The Morgan fingerprint density at radius 3 is 2.55 bits per heavy atom. The van der Waals surface area contributed by atoms with Crippen LogP contribution >= 0.6 is 11.3 Å². The van der Waals surface area contributed by atoms with Crippen molar-refractivity contribution < 1.29 is 23.8 Å². The Labute approximate surface area is 323 Å². The Morgan fingerprint density at radius 1 is 1.02 bits per heavy atom. The van der Waals surface area contributed by atoms with Crippen LogP contribution in [0.25, 0.3) is 21.3 Å². The lowest BCUT2D eigenvalue weighted by molar-refractivity contribution is -0.247. The zero-order chi connectivity index (χ0) is 38.3. The molecule has 4 heterocycles. The molecule has 2 unspecified atom stereocenters. The first-order chi connectivity index (χ1) is 26.3. The number of nitrogens with one attached hydrogen (secondary N) is 1. The Morgan fingerprint density at radius 2 is 1.80 bits per heavy atom. The van der Waals surface area contributed by atoms with E-state index in [0.29, 0.717) is 48.2 Å². The number of ether oxygens (including phenoxy) is 1. The minimum absolute atomic E-state index is 0.0241. The standard InChI is InChI=1S/C42H46FN7O4S/c1-25-30(16-45-50(25)24-41-19-39(2)18-40(3,20-41)22-42(21-39,23-41)54-13-11-44)28-8-9-34(47-35(28)37(52)53)49-12-10-26-14-27(43)15-29(31(26)17-49)36(51)48-38-46-32-6-4-5-7-33(32)55-38/h4-9,14-16H,10-13,17-24,44H2,1-3H3,(H,52,53)(H,46,48,51). The Hall–Kier alpha value is -4.72. The minimum Gasteiger partial charge on any atom is -0.476 e. The second kappa shape index (κ2) is 12.9. The van der Waals surface area contributed by atoms with Crippen molar-refractivity contribution in [2.24, 2.45) is 22.0 Å². The number of fused-ring (bicyclic) bond motifs is 2. The lowest BCUT2D eigenvalue weighted by atomic mass is 9.39. The quantitative estimate of drug-likeness (QED) is 0.131. The fourth-order valence-electron chi connectivity index (χ4n) is 11.7. The van der Waals surface area contributed by atoms with Crippen LogP contribution in [-0.2, 0) is 24.2 Å². The van der Waals surface area contributed by atoms with Crippen LogP contribution in [0.5, 0.6) is 0 Å². The molecule has 0 radical (unpaired) electrons. The van der Waals surface area contributed by atoms with Crippen molar-refractivity contribution in [2.45, 2.75) is 84.4 Å². The summed E-state index contributed by atoms with van der Waals surface area (Å²) in [4.78, 5) is 37.6. The highest BCUT2D eigenvalue weighted by Crippen LogP contribution is 2.72. The van der Waals surface area contributed by atoms with E-state index in [1.165, 1.54) is 29.9 Å². The van der Waals surface area contributed by atoms with Crippen LogP contribution in [0.4, 0.5) is 15.3 Å². The van der Waals surface area contributed by atoms with Gasteiger partial charge < -0.3 is 20.5 Å². The molecule has 11 nitrogen and oxygen atoms in total. The number of nitrogens with two attached hydrogens (primary N) is 1. The van der Waals surface area contributed by atoms with Crippen molar-refractivity contribution in [1.29, 1.82) is 0 Å². The number of carboxylic acid groups (broad SMARTS) is 1. The average molecular weight is 764 g/mol. The molecule has 1 amide bonds. The van der Waals surface area contributed by atoms with Crippen LogP contribution in [0.15, 0.2) is 54.7 Å². The van der Waals surface area contributed by atoms with E-state index in [4.69, 9.17) is 20.6 Å². The van der Waals surface area contributed by atoms with Gasteiger partial charge in [0.1, 0.15) is 11.6 Å². The molecule has 4 bridgehead atoms. The van der Waals surface area contributed by atoms with E-state index in [1.807, 2.05) is 48.2 Å². The summed E-state index contributed by atoms with van der Waals surface area (Å²) in [5.74, 6) is -1.61. The number of thiazole rings is 1. The topological polar surface area (TPSA) is 148 Å². The van der Waals surface area contributed by atoms with E-state index in [2.05, 4.69) is 28.8 Å². The third-order valence-electron chi connectivity index (χ3n) is 12.5. The molecule has 55 heavy (non-hydrogen) atoms. The molecule has 4 saturated carbocycles. The highest BCUT2D eigenvalue weighted by molar-refractivity contribution is 7.22. The molecule has 0 spiro atoms. The molecule has 10 rings (SSSR count). The van der Waals surface area contributed by atoms with Crippen LogP contribution in [0.1, 0.15) is 90.0 Å². The van der Waals surface area contributed by atoms with Crippen LogP contribution in [-0.4, -0.2) is 62.0 Å². The van der Waals surface area contributed by atoms with Gasteiger partial charge >= 0.3 is 5.97 Å². The summed E-state index contributed by atoms with van der Waals surface area (Å²) in [6, 6.07) is 14.0. The number of nitrogens with zero attached hydrogens (tertiary/aromatic N) is 5. The third kappa shape index (κ3) is 6.39. The van der Waals surface area contributed by atoms with E-state index in [-0.39, 0.29) is 39.6 Å². The smallest absolute Gasteiger partial charge is 0.355 e. The first-order valence-corrected chi connectivity index (χ1v) is 19.9. The molecular formula is C42H46FN7O4S. The lowest BCUT2D eigenvalue weighted by Gasteiger charge is -2.69. The van der Waals surface area contributed by atoms with Gasteiger partial charge in [0.15, 0.2) is 10.8 Å². The number of aromatic nitrogens is 4. The highest BCUT2D eigenvalue weighted by Gasteiger charge is 2.66. The highest BCUT2D eigenvalue weighted by atomic mass is 32.1. The van der Waals surface area contributed by atoms with Crippen molar-refractivity contribution >= 4 is 44.4 Å². The van der Waals surface area contributed by atoms with Gasteiger partial charge in [-0.1, -0.05) is 37.3 Å². The summed E-state index contributed by atoms with van der Waals surface area (Å²) in [5.41, 5.74) is 10.6. The molecule has 4 N–H and O–H groups in total. The maximum atomic E-state index is 14.8. The SMILES string of the molecule is Cc1c(-c2ccc(N3CCc4cc(F)cc(C(=O)Nc5nc6ccccc6s5)c4C3)nc2C(=O)O)cnn1CC12CC3(C)CC(C)(C1)CC(OCCN)(C3)C2. The monoisotopic (exact) mass is 763 g/mol. The molecule has 4 fully saturated rings. The number of aromatic carboxylic acids is 1. The molecule has 4 aliphatic carbocycles. The number of anilines is 2. The van der Waals surface area contributed by atoms with Crippen molar-refractivity contribution in [3.8, 4) is 11.1 Å². The number of para-hydroxylation sites is 1. The van der Waals surface area contributed by atoms with Gasteiger partial charge in [-0.15, -0.1) is 0 Å². The molecule has 1 aliphatic heterocycles. The number of amides is 1. The van der Waals surface area contributed by atoms with E-state index in [9.17, 15) is 19.1 Å². The lowest BCUT2D eigenvalue weighted by Crippen LogP contribution is -2.64. The number of carboxylic acids is 1. The number of hydrogen-bond donors (Lipinski definition) is 3. The second-order valence-electron chi connectivity index (χ2n) is 17.4. The van der Waals surface area contributed by atoms with Gasteiger partial charge in [0.25, 0.3) is 5.91 Å². The van der Waals surface area contributed by atoms with Crippen LogP contribution in [0.2, 0.25) is 0 Å². The first-order valence-electron chi connectivity index (χ1n) is 19.1. The predicted octanol–water partition coefficient (Wildman–Crippen LogP) is 7.61.